The number of rotatable bonds is 11. The van der Waals surface area contributed by atoms with Gasteiger partial charge in [0.2, 0.25) is 5.89 Å². The number of aliphatic carboxylic acids is 1. The molecule has 2 aromatic carbocycles. The summed E-state index contributed by atoms with van der Waals surface area (Å²) < 4.78 is 5.68. The Bertz CT molecular complexity index is 1190. The van der Waals surface area contributed by atoms with Crippen molar-refractivity contribution in [3.8, 4) is 11.5 Å². The SMILES string of the molecule is Cc1oc(-c2ccccc2)nc1C(=O)CCCC(=O)Cc1ccc(C2CCC(CC(=O)O)CC2)cc1. The Labute approximate surface area is 211 Å². The Morgan fingerprint density at radius 3 is 2.31 bits per heavy atom. The van der Waals surface area contributed by atoms with Crippen LogP contribution in [0.2, 0.25) is 0 Å². The molecule has 1 N–H and O–H groups in total. The van der Waals surface area contributed by atoms with Crippen molar-refractivity contribution in [1.82, 2.24) is 4.98 Å². The molecule has 0 unspecified atom stereocenters. The maximum atomic E-state index is 12.6. The second-order valence-electron chi connectivity index (χ2n) is 9.84. The van der Waals surface area contributed by atoms with E-state index in [-0.39, 0.29) is 24.4 Å². The van der Waals surface area contributed by atoms with Gasteiger partial charge in [-0.15, -0.1) is 0 Å². The Balaban J connectivity index is 1.21. The van der Waals surface area contributed by atoms with Gasteiger partial charge in [-0.3, -0.25) is 14.4 Å². The molecule has 0 aliphatic heterocycles. The van der Waals surface area contributed by atoms with Gasteiger partial charge in [-0.1, -0.05) is 42.5 Å². The molecule has 1 heterocycles. The van der Waals surface area contributed by atoms with Crippen LogP contribution in [-0.4, -0.2) is 27.6 Å². The van der Waals surface area contributed by atoms with Gasteiger partial charge in [-0.2, -0.15) is 0 Å². The molecule has 1 fully saturated rings. The molecule has 0 amide bonds. The third kappa shape index (κ3) is 6.78. The number of ketones is 2. The molecule has 4 rings (SSSR count). The molecule has 0 radical (unpaired) electrons. The van der Waals surface area contributed by atoms with Gasteiger partial charge < -0.3 is 9.52 Å². The number of oxazole rings is 1. The standard InChI is InChI=1S/C30H33NO5/c1-20-29(31-30(36-20)25-6-3-2-4-7-25)27(33)9-5-8-26(32)18-21-10-14-23(15-11-21)24-16-12-22(13-17-24)19-28(34)35/h2-4,6-7,10-11,14-15,22,24H,5,8-9,12-13,16-19H2,1H3,(H,34,35). The fraction of sp³-hybridized carbons (Fsp3) is 0.400. The van der Waals surface area contributed by atoms with E-state index < -0.39 is 5.97 Å². The van der Waals surface area contributed by atoms with Gasteiger partial charge in [-0.25, -0.2) is 4.98 Å². The molecule has 0 atom stereocenters. The molecule has 36 heavy (non-hydrogen) atoms. The van der Waals surface area contributed by atoms with Crippen molar-refractivity contribution in [3.05, 3.63) is 77.2 Å². The molecule has 1 saturated carbocycles. The van der Waals surface area contributed by atoms with E-state index in [2.05, 4.69) is 17.1 Å². The van der Waals surface area contributed by atoms with Crippen molar-refractivity contribution >= 4 is 17.5 Å². The topological polar surface area (TPSA) is 97.5 Å². The Morgan fingerprint density at radius 2 is 1.64 bits per heavy atom. The van der Waals surface area contributed by atoms with Crippen molar-refractivity contribution in [1.29, 1.82) is 0 Å². The van der Waals surface area contributed by atoms with Crippen molar-refractivity contribution in [2.45, 2.75) is 70.6 Å². The largest absolute Gasteiger partial charge is 0.481 e. The van der Waals surface area contributed by atoms with Gasteiger partial charge in [0.15, 0.2) is 5.78 Å². The van der Waals surface area contributed by atoms with Crippen molar-refractivity contribution < 1.29 is 23.9 Å². The second-order valence-corrected chi connectivity index (χ2v) is 9.84. The van der Waals surface area contributed by atoms with Crippen LogP contribution in [0.1, 0.15) is 84.7 Å². The summed E-state index contributed by atoms with van der Waals surface area (Å²) in [6.07, 6.45) is 5.68. The molecule has 0 bridgehead atoms. The third-order valence-electron chi connectivity index (χ3n) is 7.10. The number of hydrogen-bond donors (Lipinski definition) is 1. The molecular formula is C30H33NO5. The molecule has 1 aliphatic rings. The lowest BCUT2D eigenvalue weighted by molar-refractivity contribution is -0.138. The fourth-order valence-electron chi connectivity index (χ4n) is 5.09. The number of hydrogen-bond acceptors (Lipinski definition) is 5. The van der Waals surface area contributed by atoms with Crippen molar-refractivity contribution in [2.75, 3.05) is 0 Å². The quantitative estimate of drug-likeness (QED) is 0.308. The van der Waals surface area contributed by atoms with Crippen LogP contribution in [0.3, 0.4) is 0 Å². The maximum Gasteiger partial charge on any atom is 0.303 e. The first kappa shape index (κ1) is 25.5. The Kier molecular flexibility index (Phi) is 8.47. The summed E-state index contributed by atoms with van der Waals surface area (Å²) in [5.74, 6) is 1.00. The summed E-state index contributed by atoms with van der Waals surface area (Å²) >= 11 is 0. The highest BCUT2D eigenvalue weighted by molar-refractivity contribution is 5.95. The monoisotopic (exact) mass is 487 g/mol. The summed E-state index contributed by atoms with van der Waals surface area (Å²) in [5, 5.41) is 8.98. The van der Waals surface area contributed by atoms with E-state index in [1.54, 1.807) is 6.92 Å². The lowest BCUT2D eigenvalue weighted by Gasteiger charge is -2.28. The van der Waals surface area contributed by atoms with Gasteiger partial charge in [-0.05, 0) is 74.1 Å². The van der Waals surface area contributed by atoms with E-state index in [9.17, 15) is 14.4 Å². The van der Waals surface area contributed by atoms with Crippen LogP contribution in [-0.2, 0) is 16.0 Å². The lowest BCUT2D eigenvalue weighted by atomic mass is 9.77. The van der Waals surface area contributed by atoms with E-state index in [0.717, 1.165) is 36.8 Å². The maximum absolute atomic E-state index is 12.6. The summed E-state index contributed by atoms with van der Waals surface area (Å²) in [4.78, 5) is 40.5. The summed E-state index contributed by atoms with van der Waals surface area (Å²) in [7, 11) is 0. The normalized spacial score (nSPS) is 17.6. The first-order valence-corrected chi connectivity index (χ1v) is 12.8. The predicted octanol–water partition coefficient (Wildman–Crippen LogP) is 6.56. The van der Waals surface area contributed by atoms with Crippen LogP contribution in [0.25, 0.3) is 11.5 Å². The van der Waals surface area contributed by atoms with E-state index in [4.69, 9.17) is 9.52 Å². The lowest BCUT2D eigenvalue weighted by Crippen LogP contribution is -2.16. The first-order chi connectivity index (χ1) is 17.4. The van der Waals surface area contributed by atoms with E-state index in [1.807, 2.05) is 42.5 Å². The van der Waals surface area contributed by atoms with Crippen LogP contribution < -0.4 is 0 Å². The number of carboxylic acid groups (broad SMARTS) is 1. The van der Waals surface area contributed by atoms with Gasteiger partial charge in [0.1, 0.15) is 17.2 Å². The van der Waals surface area contributed by atoms with E-state index >= 15 is 0 Å². The highest BCUT2D eigenvalue weighted by Crippen LogP contribution is 2.37. The molecule has 6 heteroatoms. The number of carbonyl (C=O) groups is 3. The highest BCUT2D eigenvalue weighted by atomic mass is 16.4. The zero-order chi connectivity index (χ0) is 25.5. The highest BCUT2D eigenvalue weighted by Gasteiger charge is 2.24. The molecule has 0 saturated heterocycles. The average molecular weight is 488 g/mol. The van der Waals surface area contributed by atoms with Crippen LogP contribution in [0, 0.1) is 12.8 Å². The summed E-state index contributed by atoms with van der Waals surface area (Å²) in [5.41, 5.74) is 3.42. The second kappa shape index (κ2) is 11.9. The smallest absolute Gasteiger partial charge is 0.303 e. The van der Waals surface area contributed by atoms with Crippen LogP contribution >= 0.6 is 0 Å². The predicted molar refractivity (Wildman–Crippen MR) is 137 cm³/mol. The van der Waals surface area contributed by atoms with Gasteiger partial charge in [0.25, 0.3) is 0 Å². The number of benzene rings is 2. The number of aromatic nitrogens is 1. The number of aryl methyl sites for hydroxylation is 1. The number of carbonyl (C=O) groups excluding carboxylic acids is 2. The van der Waals surface area contributed by atoms with Crippen LogP contribution in [0.15, 0.2) is 59.0 Å². The summed E-state index contributed by atoms with van der Waals surface area (Å²) in [6.45, 7) is 1.74. The van der Waals surface area contributed by atoms with E-state index in [0.29, 0.717) is 48.4 Å². The zero-order valence-electron chi connectivity index (χ0n) is 20.7. The minimum Gasteiger partial charge on any atom is -0.481 e. The summed E-state index contributed by atoms with van der Waals surface area (Å²) in [6, 6.07) is 17.7. The molecule has 188 valence electrons. The van der Waals surface area contributed by atoms with Gasteiger partial charge >= 0.3 is 5.97 Å². The van der Waals surface area contributed by atoms with Gasteiger partial charge in [0.05, 0.1) is 0 Å². The number of carboxylic acids is 1. The minimum atomic E-state index is -0.706. The average Bonchev–Trinajstić information content (AvgIpc) is 3.27. The Morgan fingerprint density at radius 1 is 0.944 bits per heavy atom. The molecular weight excluding hydrogens is 454 g/mol. The molecule has 0 spiro atoms. The zero-order valence-corrected chi connectivity index (χ0v) is 20.7. The van der Waals surface area contributed by atoms with Crippen LogP contribution in [0.5, 0.6) is 0 Å². The third-order valence-corrected chi connectivity index (χ3v) is 7.10. The molecule has 6 nitrogen and oxygen atoms in total. The Hall–Kier alpha value is -3.54. The van der Waals surface area contributed by atoms with Crippen molar-refractivity contribution in [3.63, 3.8) is 0 Å². The van der Waals surface area contributed by atoms with E-state index in [1.165, 1.54) is 5.56 Å². The molecule has 3 aromatic rings. The van der Waals surface area contributed by atoms with Crippen molar-refractivity contribution in [2.24, 2.45) is 5.92 Å². The first-order valence-electron chi connectivity index (χ1n) is 12.8. The van der Waals surface area contributed by atoms with Crippen LogP contribution in [0.4, 0.5) is 0 Å². The van der Waals surface area contributed by atoms with Gasteiger partial charge in [0, 0.05) is 31.2 Å². The molecule has 1 aliphatic carbocycles. The molecule has 1 aromatic heterocycles. The minimum absolute atomic E-state index is 0.103. The fourth-order valence-corrected chi connectivity index (χ4v) is 5.09. The number of Topliss-reactive ketones (excluding diaryl/α,β-unsaturated/α-hetero) is 2. The number of nitrogens with zero attached hydrogens (tertiary/aromatic N) is 1.